The van der Waals surface area contributed by atoms with Crippen LogP contribution in [0.5, 0.6) is 5.75 Å². The van der Waals surface area contributed by atoms with Gasteiger partial charge in [0.1, 0.15) is 5.75 Å². The topological polar surface area (TPSA) is 33.7 Å². The Morgan fingerprint density at radius 2 is 1.89 bits per heavy atom. The molecule has 0 aliphatic heterocycles. The minimum atomic E-state index is 0.141. The highest BCUT2D eigenvalue weighted by atomic mass is 16.5. The van der Waals surface area contributed by atoms with Gasteiger partial charge in [-0.05, 0) is 45.6 Å². The van der Waals surface area contributed by atoms with Gasteiger partial charge in [-0.25, -0.2) is 0 Å². The van der Waals surface area contributed by atoms with Crippen LogP contribution >= 0.6 is 0 Å². The SMILES string of the molecule is COc1ccc(CN(C)C)cc1NC(C)C(C)OC. The molecule has 2 unspecified atom stereocenters. The van der Waals surface area contributed by atoms with Gasteiger partial charge in [0.25, 0.3) is 0 Å². The predicted molar refractivity (Wildman–Crippen MR) is 79.9 cm³/mol. The third-order valence-corrected chi connectivity index (χ3v) is 3.22. The third-order valence-electron chi connectivity index (χ3n) is 3.22. The van der Waals surface area contributed by atoms with Gasteiger partial charge >= 0.3 is 0 Å². The lowest BCUT2D eigenvalue weighted by Gasteiger charge is -2.23. The number of methoxy groups -OCH3 is 2. The number of benzene rings is 1. The summed E-state index contributed by atoms with van der Waals surface area (Å²) in [4.78, 5) is 2.15. The largest absolute Gasteiger partial charge is 0.495 e. The van der Waals surface area contributed by atoms with Gasteiger partial charge in [0.05, 0.1) is 18.9 Å². The lowest BCUT2D eigenvalue weighted by atomic mass is 10.1. The highest BCUT2D eigenvalue weighted by Gasteiger charge is 2.13. The number of hydrogen-bond donors (Lipinski definition) is 1. The number of hydrogen-bond acceptors (Lipinski definition) is 4. The predicted octanol–water partition coefficient (Wildman–Crippen LogP) is 2.59. The van der Waals surface area contributed by atoms with E-state index in [1.165, 1.54) is 5.56 Å². The van der Waals surface area contributed by atoms with Gasteiger partial charge in [0.15, 0.2) is 0 Å². The molecule has 1 rings (SSSR count). The van der Waals surface area contributed by atoms with E-state index in [9.17, 15) is 0 Å². The summed E-state index contributed by atoms with van der Waals surface area (Å²) >= 11 is 0. The Morgan fingerprint density at radius 3 is 2.42 bits per heavy atom. The highest BCUT2D eigenvalue weighted by Crippen LogP contribution is 2.27. The highest BCUT2D eigenvalue weighted by molar-refractivity contribution is 5.58. The normalized spacial score (nSPS) is 14.3. The van der Waals surface area contributed by atoms with Gasteiger partial charge in [-0.2, -0.15) is 0 Å². The van der Waals surface area contributed by atoms with E-state index in [-0.39, 0.29) is 12.1 Å². The fourth-order valence-corrected chi connectivity index (χ4v) is 1.90. The molecule has 0 aliphatic rings. The molecule has 0 amide bonds. The first kappa shape index (κ1) is 15.8. The lowest BCUT2D eigenvalue weighted by molar-refractivity contribution is 0.106. The molecule has 0 spiro atoms. The molecule has 0 aromatic heterocycles. The Morgan fingerprint density at radius 1 is 1.21 bits per heavy atom. The van der Waals surface area contributed by atoms with Crippen LogP contribution in [0.1, 0.15) is 19.4 Å². The zero-order valence-electron chi connectivity index (χ0n) is 12.9. The molecule has 1 aromatic carbocycles. The van der Waals surface area contributed by atoms with E-state index in [1.807, 2.05) is 13.0 Å². The Hall–Kier alpha value is -1.26. The Labute approximate surface area is 116 Å². The second-order valence-corrected chi connectivity index (χ2v) is 5.15. The number of nitrogens with one attached hydrogen (secondary N) is 1. The maximum Gasteiger partial charge on any atom is 0.141 e. The third kappa shape index (κ3) is 4.73. The van der Waals surface area contributed by atoms with E-state index in [4.69, 9.17) is 9.47 Å². The van der Waals surface area contributed by atoms with Gasteiger partial charge < -0.3 is 19.7 Å². The average Bonchev–Trinajstić information content (AvgIpc) is 2.37. The standard InChI is InChI=1S/C15H26N2O2/c1-11(12(2)18-5)16-14-9-13(10-17(3)4)7-8-15(14)19-6/h7-9,11-12,16H,10H2,1-6H3. The molecule has 4 nitrogen and oxygen atoms in total. The number of ether oxygens (including phenoxy) is 2. The van der Waals surface area contributed by atoms with E-state index in [0.717, 1.165) is 18.0 Å². The lowest BCUT2D eigenvalue weighted by Crippen LogP contribution is -2.29. The van der Waals surface area contributed by atoms with Crippen LogP contribution in [0.25, 0.3) is 0 Å². The van der Waals surface area contributed by atoms with E-state index < -0.39 is 0 Å². The fraction of sp³-hybridized carbons (Fsp3) is 0.600. The van der Waals surface area contributed by atoms with Crippen molar-refractivity contribution in [2.45, 2.75) is 32.5 Å². The molecular formula is C15H26N2O2. The van der Waals surface area contributed by atoms with Crippen molar-refractivity contribution in [3.05, 3.63) is 23.8 Å². The van der Waals surface area contributed by atoms with E-state index in [1.54, 1.807) is 14.2 Å². The second-order valence-electron chi connectivity index (χ2n) is 5.15. The Kier molecular flexibility index (Phi) is 6.12. The average molecular weight is 266 g/mol. The molecule has 0 bridgehead atoms. The first-order valence-electron chi connectivity index (χ1n) is 6.59. The zero-order valence-corrected chi connectivity index (χ0v) is 12.9. The van der Waals surface area contributed by atoms with Crippen LogP contribution in [0.3, 0.4) is 0 Å². The molecule has 0 aliphatic carbocycles. The number of nitrogens with zero attached hydrogens (tertiary/aromatic N) is 1. The summed E-state index contributed by atoms with van der Waals surface area (Å²) < 4.78 is 10.7. The molecule has 0 heterocycles. The van der Waals surface area contributed by atoms with Crippen LogP contribution in [0.2, 0.25) is 0 Å². The maximum atomic E-state index is 5.40. The van der Waals surface area contributed by atoms with Gasteiger partial charge in [0.2, 0.25) is 0 Å². The molecule has 0 radical (unpaired) electrons. The summed E-state index contributed by atoms with van der Waals surface area (Å²) in [5.74, 6) is 0.859. The zero-order chi connectivity index (χ0) is 14.4. The summed E-state index contributed by atoms with van der Waals surface area (Å²) in [5.41, 5.74) is 2.27. The molecule has 2 atom stereocenters. The number of anilines is 1. The minimum Gasteiger partial charge on any atom is -0.495 e. The minimum absolute atomic E-state index is 0.141. The van der Waals surface area contributed by atoms with E-state index >= 15 is 0 Å². The van der Waals surface area contributed by atoms with E-state index in [2.05, 4.69) is 43.4 Å². The van der Waals surface area contributed by atoms with E-state index in [0.29, 0.717) is 0 Å². The van der Waals surface area contributed by atoms with Crippen molar-refractivity contribution >= 4 is 5.69 Å². The van der Waals surface area contributed by atoms with Gasteiger partial charge in [0, 0.05) is 19.7 Å². The van der Waals surface area contributed by atoms with Crippen LogP contribution in [-0.4, -0.2) is 45.4 Å². The Bertz CT molecular complexity index is 394. The summed E-state index contributed by atoms with van der Waals surface area (Å²) in [6.45, 7) is 5.06. The second kappa shape index (κ2) is 7.36. The Balaban J connectivity index is 2.89. The van der Waals surface area contributed by atoms with Gasteiger partial charge in [-0.15, -0.1) is 0 Å². The fourth-order valence-electron chi connectivity index (χ4n) is 1.90. The van der Waals surface area contributed by atoms with Crippen molar-refractivity contribution in [2.75, 3.05) is 33.6 Å². The van der Waals surface area contributed by atoms with Crippen molar-refractivity contribution in [1.29, 1.82) is 0 Å². The van der Waals surface area contributed by atoms with Crippen LogP contribution in [0.4, 0.5) is 5.69 Å². The molecule has 0 saturated heterocycles. The molecule has 4 heteroatoms. The first-order chi connectivity index (χ1) is 8.97. The molecule has 0 saturated carbocycles. The van der Waals surface area contributed by atoms with Gasteiger partial charge in [-0.1, -0.05) is 6.07 Å². The molecule has 1 aromatic rings. The van der Waals surface area contributed by atoms with Crippen LogP contribution in [0, 0.1) is 0 Å². The van der Waals surface area contributed by atoms with Crippen molar-refractivity contribution < 1.29 is 9.47 Å². The van der Waals surface area contributed by atoms with Crippen LogP contribution in [0.15, 0.2) is 18.2 Å². The number of rotatable bonds is 7. The maximum absolute atomic E-state index is 5.40. The summed E-state index contributed by atoms with van der Waals surface area (Å²) in [5, 5.41) is 3.46. The first-order valence-corrected chi connectivity index (χ1v) is 6.59. The molecule has 108 valence electrons. The monoisotopic (exact) mass is 266 g/mol. The molecule has 0 fully saturated rings. The van der Waals surface area contributed by atoms with Crippen molar-refractivity contribution in [3.63, 3.8) is 0 Å². The van der Waals surface area contributed by atoms with Gasteiger partial charge in [-0.3, -0.25) is 0 Å². The quantitative estimate of drug-likeness (QED) is 0.822. The van der Waals surface area contributed by atoms with Crippen molar-refractivity contribution in [2.24, 2.45) is 0 Å². The molecular weight excluding hydrogens is 240 g/mol. The molecule has 1 N–H and O–H groups in total. The van der Waals surface area contributed by atoms with Crippen molar-refractivity contribution in [3.8, 4) is 5.75 Å². The smallest absolute Gasteiger partial charge is 0.141 e. The molecule has 19 heavy (non-hydrogen) atoms. The van der Waals surface area contributed by atoms with Crippen molar-refractivity contribution in [1.82, 2.24) is 4.90 Å². The summed E-state index contributed by atoms with van der Waals surface area (Å²) in [6, 6.07) is 6.45. The van der Waals surface area contributed by atoms with Crippen LogP contribution < -0.4 is 10.1 Å². The summed E-state index contributed by atoms with van der Waals surface area (Å²) in [6.07, 6.45) is 0.141. The van der Waals surface area contributed by atoms with Crippen LogP contribution in [-0.2, 0) is 11.3 Å². The summed E-state index contributed by atoms with van der Waals surface area (Å²) in [7, 11) is 7.54.